The van der Waals surface area contributed by atoms with Crippen LogP contribution in [0, 0.1) is 13.8 Å². The second kappa shape index (κ2) is 7.11. The van der Waals surface area contributed by atoms with Crippen LogP contribution in [-0.2, 0) is 11.3 Å². The maximum Gasteiger partial charge on any atom is 0.279 e. The molecule has 0 fully saturated rings. The number of thiazole rings is 1. The lowest BCUT2D eigenvalue weighted by molar-refractivity contribution is -0.885. The Kier molecular flexibility index (Phi) is 4.92. The van der Waals surface area contributed by atoms with Gasteiger partial charge in [-0.2, -0.15) is 0 Å². The fraction of sp³-hybridized carbons (Fsp3) is 0.263. The summed E-state index contributed by atoms with van der Waals surface area (Å²) in [7, 11) is 2.02. The summed E-state index contributed by atoms with van der Waals surface area (Å²) < 4.78 is 1.19. The van der Waals surface area contributed by atoms with Crippen molar-refractivity contribution in [1.82, 2.24) is 4.98 Å². The molecular weight excluding hydrogens is 318 g/mol. The fourth-order valence-electron chi connectivity index (χ4n) is 2.79. The number of quaternary nitrogens is 1. The number of likely N-dealkylation sites (N-methyl/N-ethyl adjacent to an activating group) is 1. The molecule has 2 aromatic carbocycles. The predicted molar refractivity (Wildman–Crippen MR) is 99.6 cm³/mol. The van der Waals surface area contributed by atoms with Crippen molar-refractivity contribution < 1.29 is 9.69 Å². The van der Waals surface area contributed by atoms with Gasteiger partial charge in [0.2, 0.25) is 0 Å². The molecule has 5 heteroatoms. The molecule has 1 aromatic heterocycles. The molecule has 0 aliphatic carbocycles. The van der Waals surface area contributed by atoms with Gasteiger partial charge in [0, 0.05) is 5.69 Å². The third-order valence-electron chi connectivity index (χ3n) is 4.00. The molecule has 0 aliphatic rings. The molecule has 1 amide bonds. The van der Waals surface area contributed by atoms with Gasteiger partial charge in [-0.15, -0.1) is 11.3 Å². The molecule has 0 spiro atoms. The van der Waals surface area contributed by atoms with Gasteiger partial charge in [-0.1, -0.05) is 30.3 Å². The minimum absolute atomic E-state index is 0.0333. The summed E-state index contributed by atoms with van der Waals surface area (Å²) >= 11 is 1.70. The Balaban J connectivity index is 1.62. The van der Waals surface area contributed by atoms with Crippen LogP contribution in [-0.4, -0.2) is 24.5 Å². The average Bonchev–Trinajstić information content (AvgIpc) is 2.93. The van der Waals surface area contributed by atoms with Crippen LogP contribution in [0.2, 0.25) is 0 Å². The number of aryl methyl sites for hydroxylation is 2. The quantitative estimate of drug-likeness (QED) is 0.750. The molecule has 1 atom stereocenters. The molecule has 0 bridgehead atoms. The number of para-hydroxylation sites is 2. The van der Waals surface area contributed by atoms with Crippen LogP contribution in [0.1, 0.15) is 16.1 Å². The Hall–Kier alpha value is -2.24. The van der Waals surface area contributed by atoms with Crippen LogP contribution in [0.4, 0.5) is 5.69 Å². The number of nitrogens with zero attached hydrogens (tertiary/aromatic N) is 1. The summed E-state index contributed by atoms with van der Waals surface area (Å²) in [5, 5.41) is 4.11. The Labute approximate surface area is 146 Å². The van der Waals surface area contributed by atoms with Crippen molar-refractivity contribution in [2.45, 2.75) is 20.4 Å². The number of carbonyl (C=O) groups excluding carboxylic acids is 1. The van der Waals surface area contributed by atoms with Gasteiger partial charge >= 0.3 is 0 Å². The third kappa shape index (κ3) is 3.80. The van der Waals surface area contributed by atoms with E-state index in [0.29, 0.717) is 6.54 Å². The number of benzene rings is 2. The molecule has 4 nitrogen and oxygen atoms in total. The standard InChI is InChI=1S/C19H21N3OS/c1-13-7-6-8-14(2)19(13)21-17(23)11-22(3)12-18-20-15-9-4-5-10-16(15)24-18/h4-10H,11-12H2,1-3H3,(H,21,23)/p+1. The van der Waals surface area contributed by atoms with Crippen molar-refractivity contribution >= 4 is 33.1 Å². The molecular formula is C19H22N3OS+. The van der Waals surface area contributed by atoms with Crippen molar-refractivity contribution in [1.29, 1.82) is 0 Å². The lowest BCUT2D eigenvalue weighted by atomic mass is 10.1. The Bertz CT molecular complexity index is 819. The Morgan fingerprint density at radius 2 is 1.83 bits per heavy atom. The van der Waals surface area contributed by atoms with E-state index in [1.807, 2.05) is 57.3 Å². The van der Waals surface area contributed by atoms with Crippen LogP contribution in [0.3, 0.4) is 0 Å². The smallest absolute Gasteiger partial charge is 0.279 e. The van der Waals surface area contributed by atoms with E-state index in [0.717, 1.165) is 38.8 Å². The molecule has 1 unspecified atom stereocenters. The highest BCUT2D eigenvalue weighted by atomic mass is 32.1. The largest absolute Gasteiger partial charge is 0.324 e. The molecule has 3 rings (SSSR count). The van der Waals surface area contributed by atoms with Gasteiger partial charge in [-0.3, -0.25) is 4.79 Å². The third-order valence-corrected chi connectivity index (χ3v) is 5.04. The first kappa shape index (κ1) is 16.6. The van der Waals surface area contributed by atoms with Crippen molar-refractivity contribution in [2.24, 2.45) is 0 Å². The number of carbonyl (C=O) groups is 1. The number of nitrogens with one attached hydrogen (secondary N) is 2. The molecule has 0 aliphatic heterocycles. The van der Waals surface area contributed by atoms with Gasteiger partial charge in [0.15, 0.2) is 6.54 Å². The highest BCUT2D eigenvalue weighted by Gasteiger charge is 2.15. The number of anilines is 1. The number of fused-ring (bicyclic) bond motifs is 1. The molecule has 0 saturated heterocycles. The highest BCUT2D eigenvalue weighted by molar-refractivity contribution is 7.18. The number of rotatable bonds is 5. The van der Waals surface area contributed by atoms with E-state index >= 15 is 0 Å². The zero-order valence-corrected chi connectivity index (χ0v) is 15.0. The molecule has 2 N–H and O–H groups in total. The normalized spacial score (nSPS) is 12.3. The van der Waals surface area contributed by atoms with Gasteiger partial charge in [-0.05, 0) is 37.1 Å². The molecule has 1 heterocycles. The monoisotopic (exact) mass is 340 g/mol. The van der Waals surface area contributed by atoms with E-state index in [4.69, 9.17) is 0 Å². The van der Waals surface area contributed by atoms with Gasteiger partial charge in [0.25, 0.3) is 5.91 Å². The van der Waals surface area contributed by atoms with E-state index in [-0.39, 0.29) is 5.91 Å². The van der Waals surface area contributed by atoms with E-state index in [2.05, 4.69) is 16.4 Å². The number of aromatic nitrogens is 1. The van der Waals surface area contributed by atoms with Crippen molar-refractivity contribution in [3.8, 4) is 0 Å². The number of hydrogen-bond acceptors (Lipinski definition) is 3. The minimum Gasteiger partial charge on any atom is -0.324 e. The first-order chi connectivity index (χ1) is 11.5. The number of amides is 1. The fourth-order valence-corrected chi connectivity index (χ4v) is 3.87. The lowest BCUT2D eigenvalue weighted by Crippen LogP contribution is -3.08. The summed E-state index contributed by atoms with van der Waals surface area (Å²) in [5.74, 6) is 0.0333. The first-order valence-corrected chi connectivity index (χ1v) is 8.86. The van der Waals surface area contributed by atoms with Crippen LogP contribution in [0.15, 0.2) is 42.5 Å². The van der Waals surface area contributed by atoms with Crippen molar-refractivity contribution in [3.05, 3.63) is 58.6 Å². The summed E-state index contributed by atoms with van der Waals surface area (Å²) in [4.78, 5) is 18.1. The predicted octanol–water partition coefficient (Wildman–Crippen LogP) is 2.57. The highest BCUT2D eigenvalue weighted by Crippen LogP contribution is 2.21. The van der Waals surface area contributed by atoms with Crippen LogP contribution < -0.4 is 10.2 Å². The summed E-state index contributed by atoms with van der Waals surface area (Å²) in [6, 6.07) is 14.2. The zero-order valence-electron chi connectivity index (χ0n) is 14.2. The van der Waals surface area contributed by atoms with Crippen LogP contribution >= 0.6 is 11.3 Å². The lowest BCUT2D eigenvalue weighted by Gasteiger charge is -2.14. The van der Waals surface area contributed by atoms with E-state index in [1.54, 1.807) is 11.3 Å². The van der Waals surface area contributed by atoms with E-state index in [1.165, 1.54) is 4.70 Å². The summed E-state index contributed by atoms with van der Waals surface area (Å²) in [5.41, 5.74) is 4.14. The number of hydrogen-bond donors (Lipinski definition) is 2. The van der Waals surface area contributed by atoms with Gasteiger partial charge in [-0.25, -0.2) is 4.98 Å². The Morgan fingerprint density at radius 1 is 1.12 bits per heavy atom. The first-order valence-electron chi connectivity index (χ1n) is 8.05. The van der Waals surface area contributed by atoms with E-state index < -0.39 is 0 Å². The minimum atomic E-state index is 0.0333. The topological polar surface area (TPSA) is 46.4 Å². The average molecular weight is 340 g/mol. The zero-order chi connectivity index (χ0) is 17.1. The SMILES string of the molecule is Cc1cccc(C)c1NC(=O)C[NH+](C)Cc1nc2ccccc2s1. The maximum atomic E-state index is 12.3. The van der Waals surface area contributed by atoms with Gasteiger partial charge < -0.3 is 10.2 Å². The van der Waals surface area contributed by atoms with Crippen molar-refractivity contribution in [3.63, 3.8) is 0 Å². The van der Waals surface area contributed by atoms with Gasteiger partial charge in [0.1, 0.15) is 11.6 Å². The molecule has 24 heavy (non-hydrogen) atoms. The van der Waals surface area contributed by atoms with Crippen molar-refractivity contribution in [2.75, 3.05) is 18.9 Å². The molecule has 0 radical (unpaired) electrons. The summed E-state index contributed by atoms with van der Waals surface area (Å²) in [6.45, 7) is 5.20. The second-order valence-corrected chi connectivity index (χ2v) is 7.32. The van der Waals surface area contributed by atoms with Gasteiger partial charge in [0.05, 0.1) is 17.3 Å². The van der Waals surface area contributed by atoms with Crippen LogP contribution in [0.25, 0.3) is 10.2 Å². The summed E-state index contributed by atoms with van der Waals surface area (Å²) in [6.07, 6.45) is 0. The van der Waals surface area contributed by atoms with Crippen LogP contribution in [0.5, 0.6) is 0 Å². The molecule has 0 saturated carbocycles. The molecule has 124 valence electrons. The van der Waals surface area contributed by atoms with E-state index in [9.17, 15) is 4.79 Å². The maximum absolute atomic E-state index is 12.3. The second-order valence-electron chi connectivity index (χ2n) is 6.20. The Morgan fingerprint density at radius 3 is 2.54 bits per heavy atom. The molecule has 3 aromatic rings.